The van der Waals surface area contributed by atoms with E-state index in [4.69, 9.17) is 0 Å². The summed E-state index contributed by atoms with van der Waals surface area (Å²) in [5.74, 6) is 0. The van der Waals surface area contributed by atoms with Crippen LogP contribution in [0.25, 0.3) is 0 Å². The van der Waals surface area contributed by atoms with E-state index in [1.54, 1.807) is 0 Å². The summed E-state index contributed by atoms with van der Waals surface area (Å²) < 4.78 is 0. The van der Waals surface area contributed by atoms with Crippen LogP contribution in [0, 0.1) is 0 Å². The molecular formula is C12H19N3. The molecule has 1 fully saturated rings. The van der Waals surface area contributed by atoms with E-state index in [9.17, 15) is 0 Å². The molecule has 0 radical (unpaired) electrons. The van der Waals surface area contributed by atoms with Crippen molar-refractivity contribution in [3.8, 4) is 0 Å². The normalized spacial score (nSPS) is 23.7. The summed E-state index contributed by atoms with van der Waals surface area (Å²) in [6.45, 7) is 1.14. The van der Waals surface area contributed by atoms with Gasteiger partial charge in [-0.1, -0.05) is 12.5 Å². The minimum absolute atomic E-state index is 0.388. The van der Waals surface area contributed by atoms with E-state index in [0.717, 1.165) is 6.54 Å². The number of rotatable bonds is 3. The molecule has 0 amide bonds. The smallest absolute Gasteiger partial charge is 0.0488 e. The molecule has 2 unspecified atom stereocenters. The molecule has 2 N–H and O–H groups in total. The Hall–Kier alpha value is -0.930. The maximum absolute atomic E-state index is 4.18. The Balaban J connectivity index is 2.09. The number of pyridine rings is 1. The van der Waals surface area contributed by atoms with Crippen molar-refractivity contribution in [1.29, 1.82) is 0 Å². The first-order valence-corrected chi connectivity index (χ1v) is 5.72. The van der Waals surface area contributed by atoms with E-state index >= 15 is 0 Å². The van der Waals surface area contributed by atoms with Crippen molar-refractivity contribution < 1.29 is 0 Å². The van der Waals surface area contributed by atoms with Gasteiger partial charge in [0, 0.05) is 24.5 Å². The molecule has 1 aromatic rings. The largest absolute Gasteiger partial charge is 0.312 e. The van der Waals surface area contributed by atoms with Gasteiger partial charge in [0.15, 0.2) is 0 Å². The van der Waals surface area contributed by atoms with Crippen LogP contribution < -0.4 is 10.6 Å². The van der Waals surface area contributed by atoms with Gasteiger partial charge in [-0.2, -0.15) is 0 Å². The first kappa shape index (κ1) is 10.6. The van der Waals surface area contributed by atoms with Crippen LogP contribution in [-0.2, 0) is 0 Å². The lowest BCUT2D eigenvalue weighted by atomic mass is 9.94. The van der Waals surface area contributed by atoms with Crippen LogP contribution in [0.2, 0.25) is 0 Å². The molecule has 15 heavy (non-hydrogen) atoms. The predicted molar refractivity (Wildman–Crippen MR) is 61.7 cm³/mol. The van der Waals surface area contributed by atoms with Gasteiger partial charge in [0.1, 0.15) is 0 Å². The van der Waals surface area contributed by atoms with Gasteiger partial charge in [-0.3, -0.25) is 4.98 Å². The quantitative estimate of drug-likeness (QED) is 0.785. The first-order valence-electron chi connectivity index (χ1n) is 5.72. The molecule has 0 aromatic carbocycles. The average molecular weight is 205 g/mol. The van der Waals surface area contributed by atoms with Crippen molar-refractivity contribution in [3.63, 3.8) is 0 Å². The Morgan fingerprint density at radius 3 is 3.07 bits per heavy atom. The van der Waals surface area contributed by atoms with Gasteiger partial charge in [0.2, 0.25) is 0 Å². The Labute approximate surface area is 91.3 Å². The van der Waals surface area contributed by atoms with Crippen LogP contribution in [0.1, 0.15) is 30.9 Å². The van der Waals surface area contributed by atoms with Crippen molar-refractivity contribution in [2.45, 2.75) is 31.3 Å². The number of likely N-dealkylation sites (N-methyl/N-ethyl adjacent to an activating group) is 1. The molecule has 1 saturated heterocycles. The van der Waals surface area contributed by atoms with Crippen molar-refractivity contribution in [2.24, 2.45) is 0 Å². The highest BCUT2D eigenvalue weighted by molar-refractivity contribution is 5.16. The molecule has 3 heteroatoms. The number of nitrogens with zero attached hydrogens (tertiary/aromatic N) is 1. The summed E-state index contributed by atoms with van der Waals surface area (Å²) in [5, 5.41) is 6.96. The molecule has 1 aromatic heterocycles. The van der Waals surface area contributed by atoms with Gasteiger partial charge in [-0.05, 0) is 38.1 Å². The minimum Gasteiger partial charge on any atom is -0.312 e. The van der Waals surface area contributed by atoms with Crippen LogP contribution in [0.3, 0.4) is 0 Å². The van der Waals surface area contributed by atoms with Gasteiger partial charge in [-0.15, -0.1) is 0 Å². The molecule has 0 aliphatic carbocycles. The number of piperidine rings is 1. The third kappa shape index (κ3) is 2.55. The molecule has 1 aliphatic heterocycles. The highest BCUT2D eigenvalue weighted by Gasteiger charge is 2.22. The Morgan fingerprint density at radius 2 is 2.47 bits per heavy atom. The number of hydrogen-bond acceptors (Lipinski definition) is 3. The lowest BCUT2D eigenvalue weighted by molar-refractivity contribution is 0.326. The van der Waals surface area contributed by atoms with E-state index in [1.807, 2.05) is 25.5 Å². The summed E-state index contributed by atoms with van der Waals surface area (Å²) in [6.07, 6.45) is 7.67. The Kier molecular flexibility index (Phi) is 3.69. The molecule has 0 spiro atoms. The maximum Gasteiger partial charge on any atom is 0.0488 e. The fourth-order valence-corrected chi connectivity index (χ4v) is 2.32. The lowest BCUT2D eigenvalue weighted by Crippen LogP contribution is -2.43. The average Bonchev–Trinajstić information content (AvgIpc) is 2.33. The molecule has 0 bridgehead atoms. The number of aromatic nitrogens is 1. The summed E-state index contributed by atoms with van der Waals surface area (Å²) in [7, 11) is 2.02. The number of nitrogens with one attached hydrogen (secondary N) is 2. The van der Waals surface area contributed by atoms with Crippen LogP contribution in [0.4, 0.5) is 0 Å². The Morgan fingerprint density at radius 1 is 1.53 bits per heavy atom. The fraction of sp³-hybridized carbons (Fsp3) is 0.583. The first-order chi connectivity index (χ1) is 7.42. The van der Waals surface area contributed by atoms with Crippen molar-refractivity contribution in [3.05, 3.63) is 30.1 Å². The molecule has 2 atom stereocenters. The summed E-state index contributed by atoms with van der Waals surface area (Å²) >= 11 is 0. The fourth-order valence-electron chi connectivity index (χ4n) is 2.32. The highest BCUT2D eigenvalue weighted by atomic mass is 15.0. The van der Waals surface area contributed by atoms with Gasteiger partial charge in [0.25, 0.3) is 0 Å². The molecule has 3 nitrogen and oxygen atoms in total. The summed E-state index contributed by atoms with van der Waals surface area (Å²) in [4.78, 5) is 4.18. The second-order valence-electron chi connectivity index (χ2n) is 4.11. The van der Waals surface area contributed by atoms with Gasteiger partial charge in [-0.25, -0.2) is 0 Å². The second-order valence-corrected chi connectivity index (χ2v) is 4.11. The third-order valence-electron chi connectivity index (χ3n) is 3.11. The van der Waals surface area contributed by atoms with E-state index in [1.165, 1.54) is 24.8 Å². The van der Waals surface area contributed by atoms with E-state index in [0.29, 0.717) is 12.1 Å². The van der Waals surface area contributed by atoms with Gasteiger partial charge >= 0.3 is 0 Å². The standard InChI is InChI=1S/C12H19N3/c1-13-12(10-5-4-7-14-9-10)11-6-2-3-8-15-11/h4-5,7,9,11-13,15H,2-3,6,8H2,1H3. The third-order valence-corrected chi connectivity index (χ3v) is 3.11. The van der Waals surface area contributed by atoms with Crippen molar-refractivity contribution in [2.75, 3.05) is 13.6 Å². The summed E-state index contributed by atoms with van der Waals surface area (Å²) in [5.41, 5.74) is 1.28. The topological polar surface area (TPSA) is 37.0 Å². The molecular weight excluding hydrogens is 186 g/mol. The molecule has 82 valence electrons. The zero-order chi connectivity index (χ0) is 10.5. The van der Waals surface area contributed by atoms with E-state index < -0.39 is 0 Å². The molecule has 2 heterocycles. The second kappa shape index (κ2) is 5.24. The van der Waals surface area contributed by atoms with E-state index in [-0.39, 0.29) is 0 Å². The van der Waals surface area contributed by atoms with Crippen LogP contribution in [-0.4, -0.2) is 24.6 Å². The summed E-state index contributed by atoms with van der Waals surface area (Å²) in [6, 6.07) is 5.08. The van der Waals surface area contributed by atoms with Crippen LogP contribution >= 0.6 is 0 Å². The molecule has 1 aliphatic rings. The maximum atomic E-state index is 4.18. The van der Waals surface area contributed by atoms with E-state index in [2.05, 4.69) is 21.7 Å². The lowest BCUT2D eigenvalue weighted by Gasteiger charge is -2.31. The number of hydrogen-bond donors (Lipinski definition) is 2. The minimum atomic E-state index is 0.388. The van der Waals surface area contributed by atoms with Gasteiger partial charge in [0.05, 0.1) is 0 Å². The highest BCUT2D eigenvalue weighted by Crippen LogP contribution is 2.21. The van der Waals surface area contributed by atoms with Crippen molar-refractivity contribution >= 4 is 0 Å². The van der Waals surface area contributed by atoms with Crippen molar-refractivity contribution in [1.82, 2.24) is 15.6 Å². The molecule has 2 rings (SSSR count). The van der Waals surface area contributed by atoms with Gasteiger partial charge < -0.3 is 10.6 Å². The zero-order valence-electron chi connectivity index (χ0n) is 9.24. The monoisotopic (exact) mass is 205 g/mol. The zero-order valence-corrected chi connectivity index (χ0v) is 9.24. The Bertz CT molecular complexity index is 280. The van der Waals surface area contributed by atoms with Crippen LogP contribution in [0.15, 0.2) is 24.5 Å². The van der Waals surface area contributed by atoms with Crippen LogP contribution in [0.5, 0.6) is 0 Å². The molecule has 0 saturated carbocycles. The predicted octanol–water partition coefficient (Wildman–Crippen LogP) is 1.48. The SMILES string of the molecule is CNC(c1cccnc1)C1CCCCN1.